The van der Waals surface area contributed by atoms with E-state index >= 15 is 0 Å². The molecule has 1 fully saturated rings. The summed E-state index contributed by atoms with van der Waals surface area (Å²) in [4.78, 5) is 0. The Balaban J connectivity index is 1.94. The highest BCUT2D eigenvalue weighted by Gasteiger charge is 2.23. The zero-order valence-corrected chi connectivity index (χ0v) is 14.6. The molecule has 0 saturated heterocycles. The van der Waals surface area contributed by atoms with Crippen molar-refractivity contribution in [3.05, 3.63) is 28.2 Å². The standard InChI is InChI=1S/C17H26BrNO2/c1-3-9-19-12-13-10-16(7-8-17(13)18)21-15-6-4-5-14(11-15)20-2/h7-8,10,14-15,19H,3-6,9,11-12H2,1-2H3. The van der Waals surface area contributed by atoms with Crippen LogP contribution in [-0.4, -0.2) is 25.9 Å². The second-order valence-electron chi connectivity index (χ2n) is 5.69. The molecule has 1 aromatic carbocycles. The third-order valence-corrected chi connectivity index (χ3v) is 4.75. The van der Waals surface area contributed by atoms with Gasteiger partial charge in [-0.15, -0.1) is 0 Å². The van der Waals surface area contributed by atoms with Gasteiger partial charge in [-0.2, -0.15) is 0 Å². The summed E-state index contributed by atoms with van der Waals surface area (Å²) >= 11 is 3.61. The van der Waals surface area contributed by atoms with Crippen molar-refractivity contribution in [2.45, 2.75) is 57.8 Å². The monoisotopic (exact) mass is 355 g/mol. The summed E-state index contributed by atoms with van der Waals surface area (Å²) in [5.74, 6) is 0.966. The Morgan fingerprint density at radius 2 is 2.10 bits per heavy atom. The van der Waals surface area contributed by atoms with Gasteiger partial charge >= 0.3 is 0 Å². The Bertz CT molecular complexity index is 439. The van der Waals surface area contributed by atoms with Gasteiger partial charge in [0.1, 0.15) is 11.9 Å². The maximum Gasteiger partial charge on any atom is 0.120 e. The van der Waals surface area contributed by atoms with Gasteiger partial charge in [0.25, 0.3) is 0 Å². The van der Waals surface area contributed by atoms with Crippen LogP contribution in [-0.2, 0) is 11.3 Å². The van der Waals surface area contributed by atoms with Gasteiger partial charge in [0.05, 0.1) is 6.10 Å². The highest BCUT2D eigenvalue weighted by atomic mass is 79.9. The fourth-order valence-electron chi connectivity index (χ4n) is 2.78. The number of halogens is 1. The number of benzene rings is 1. The number of rotatable bonds is 7. The molecule has 0 spiro atoms. The lowest BCUT2D eigenvalue weighted by molar-refractivity contribution is 0.0209. The van der Waals surface area contributed by atoms with Crippen molar-refractivity contribution >= 4 is 15.9 Å². The van der Waals surface area contributed by atoms with Crippen molar-refractivity contribution in [3.63, 3.8) is 0 Å². The first kappa shape index (κ1) is 16.8. The molecular formula is C17H26BrNO2. The lowest BCUT2D eigenvalue weighted by atomic mass is 9.95. The second-order valence-corrected chi connectivity index (χ2v) is 6.55. The van der Waals surface area contributed by atoms with Gasteiger partial charge in [-0.3, -0.25) is 0 Å². The molecule has 4 heteroatoms. The van der Waals surface area contributed by atoms with E-state index < -0.39 is 0 Å². The zero-order chi connectivity index (χ0) is 15.1. The average Bonchev–Trinajstić information content (AvgIpc) is 2.51. The van der Waals surface area contributed by atoms with Crippen molar-refractivity contribution in [3.8, 4) is 5.75 Å². The molecule has 0 amide bonds. The zero-order valence-electron chi connectivity index (χ0n) is 13.0. The molecule has 3 nitrogen and oxygen atoms in total. The van der Waals surface area contributed by atoms with Crippen LogP contribution >= 0.6 is 15.9 Å². The molecule has 2 unspecified atom stereocenters. The molecule has 1 aromatic rings. The van der Waals surface area contributed by atoms with E-state index in [1.807, 2.05) is 6.07 Å². The Labute approximate surface area is 136 Å². The van der Waals surface area contributed by atoms with Crippen molar-refractivity contribution in [1.82, 2.24) is 5.32 Å². The number of hydrogen-bond acceptors (Lipinski definition) is 3. The van der Waals surface area contributed by atoms with Crippen LogP contribution in [0, 0.1) is 0 Å². The maximum atomic E-state index is 6.16. The molecule has 21 heavy (non-hydrogen) atoms. The van der Waals surface area contributed by atoms with E-state index in [0.29, 0.717) is 6.10 Å². The molecule has 0 aliphatic heterocycles. The molecule has 0 radical (unpaired) electrons. The van der Waals surface area contributed by atoms with Crippen LogP contribution in [0.25, 0.3) is 0 Å². The van der Waals surface area contributed by atoms with E-state index in [0.717, 1.165) is 49.0 Å². The summed E-state index contributed by atoms with van der Waals surface area (Å²) in [6.45, 7) is 4.09. The van der Waals surface area contributed by atoms with Crippen LogP contribution < -0.4 is 10.1 Å². The Hall–Kier alpha value is -0.580. The van der Waals surface area contributed by atoms with E-state index in [1.165, 1.54) is 12.0 Å². The van der Waals surface area contributed by atoms with Crippen LogP contribution in [0.2, 0.25) is 0 Å². The van der Waals surface area contributed by atoms with Crippen molar-refractivity contribution in [1.29, 1.82) is 0 Å². The average molecular weight is 356 g/mol. The first-order chi connectivity index (χ1) is 10.2. The predicted molar refractivity (Wildman–Crippen MR) is 89.8 cm³/mol. The van der Waals surface area contributed by atoms with E-state index in [4.69, 9.17) is 9.47 Å². The highest BCUT2D eigenvalue weighted by molar-refractivity contribution is 9.10. The largest absolute Gasteiger partial charge is 0.490 e. The Morgan fingerprint density at radius 3 is 2.86 bits per heavy atom. The van der Waals surface area contributed by atoms with Gasteiger partial charge in [-0.1, -0.05) is 22.9 Å². The molecule has 0 heterocycles. The summed E-state index contributed by atoms with van der Waals surface area (Å²) in [5.41, 5.74) is 1.25. The third kappa shape index (κ3) is 5.28. The first-order valence-electron chi connectivity index (χ1n) is 7.91. The van der Waals surface area contributed by atoms with Crippen LogP contribution in [0.1, 0.15) is 44.6 Å². The van der Waals surface area contributed by atoms with E-state index in [9.17, 15) is 0 Å². The van der Waals surface area contributed by atoms with Crippen LogP contribution in [0.4, 0.5) is 0 Å². The number of hydrogen-bond donors (Lipinski definition) is 1. The second kappa shape index (κ2) is 8.76. The number of methoxy groups -OCH3 is 1. The minimum atomic E-state index is 0.279. The first-order valence-corrected chi connectivity index (χ1v) is 8.70. The molecule has 0 bridgehead atoms. The molecule has 2 rings (SSSR count). The number of nitrogens with one attached hydrogen (secondary N) is 1. The fraction of sp³-hybridized carbons (Fsp3) is 0.647. The van der Waals surface area contributed by atoms with E-state index in [-0.39, 0.29) is 6.10 Å². The lowest BCUT2D eigenvalue weighted by Gasteiger charge is -2.28. The molecule has 1 aliphatic carbocycles. The normalized spacial score (nSPS) is 22.2. The van der Waals surface area contributed by atoms with Gasteiger partial charge in [0.15, 0.2) is 0 Å². The highest BCUT2D eigenvalue weighted by Crippen LogP contribution is 2.28. The van der Waals surface area contributed by atoms with Crippen LogP contribution in [0.5, 0.6) is 5.75 Å². The van der Waals surface area contributed by atoms with Crippen molar-refractivity contribution in [2.75, 3.05) is 13.7 Å². The van der Waals surface area contributed by atoms with Crippen LogP contribution in [0.15, 0.2) is 22.7 Å². The van der Waals surface area contributed by atoms with Gasteiger partial charge in [0.2, 0.25) is 0 Å². The van der Waals surface area contributed by atoms with Crippen molar-refractivity contribution < 1.29 is 9.47 Å². The van der Waals surface area contributed by atoms with Crippen LogP contribution in [0.3, 0.4) is 0 Å². The maximum absolute atomic E-state index is 6.16. The molecule has 1 N–H and O–H groups in total. The van der Waals surface area contributed by atoms with E-state index in [2.05, 4.69) is 40.3 Å². The molecule has 2 atom stereocenters. The summed E-state index contributed by atoms with van der Waals surface area (Å²) in [6.07, 6.45) is 6.24. The minimum Gasteiger partial charge on any atom is -0.490 e. The smallest absolute Gasteiger partial charge is 0.120 e. The SMILES string of the molecule is CCCNCc1cc(OC2CCCC(OC)C2)ccc1Br. The van der Waals surface area contributed by atoms with Gasteiger partial charge < -0.3 is 14.8 Å². The summed E-state index contributed by atoms with van der Waals surface area (Å²) in [5, 5.41) is 3.43. The number of ether oxygens (including phenoxy) is 2. The van der Waals surface area contributed by atoms with Crippen molar-refractivity contribution in [2.24, 2.45) is 0 Å². The Morgan fingerprint density at radius 1 is 1.29 bits per heavy atom. The van der Waals surface area contributed by atoms with Gasteiger partial charge in [-0.25, -0.2) is 0 Å². The quantitative estimate of drug-likeness (QED) is 0.740. The Kier molecular flexibility index (Phi) is 7.00. The van der Waals surface area contributed by atoms with E-state index in [1.54, 1.807) is 7.11 Å². The molecule has 118 valence electrons. The fourth-order valence-corrected chi connectivity index (χ4v) is 3.16. The lowest BCUT2D eigenvalue weighted by Crippen LogP contribution is -2.29. The summed E-state index contributed by atoms with van der Waals surface area (Å²) < 4.78 is 12.8. The van der Waals surface area contributed by atoms with Gasteiger partial charge in [-0.05, 0) is 56.0 Å². The topological polar surface area (TPSA) is 30.5 Å². The molecule has 0 aromatic heterocycles. The summed E-state index contributed by atoms with van der Waals surface area (Å²) in [6, 6.07) is 6.27. The molecule has 1 aliphatic rings. The summed E-state index contributed by atoms with van der Waals surface area (Å²) in [7, 11) is 1.80. The molecule has 1 saturated carbocycles. The predicted octanol–water partition coefficient (Wildman–Crippen LogP) is 4.29. The molecular weight excluding hydrogens is 330 g/mol. The minimum absolute atomic E-state index is 0.279. The third-order valence-electron chi connectivity index (χ3n) is 3.97. The van der Waals surface area contributed by atoms with Gasteiger partial charge in [0, 0.05) is 24.5 Å².